The molecule has 0 spiro atoms. The smallest absolute Gasteiger partial charge is 0.295 e. The van der Waals surface area contributed by atoms with Crippen molar-refractivity contribution < 1.29 is 22.7 Å². The van der Waals surface area contributed by atoms with Gasteiger partial charge in [-0.25, -0.2) is 0 Å². The molecule has 25 heavy (non-hydrogen) atoms. The second kappa shape index (κ2) is 6.82. The molecule has 2 heterocycles. The Morgan fingerprint density at radius 3 is 2.60 bits per heavy atom. The largest absolute Gasteiger partial charge is 0.396 e. The Hall–Kier alpha value is -1.24. The molecule has 2 aliphatic rings. The molecule has 1 aromatic carbocycles. The minimum Gasteiger partial charge on any atom is -0.396 e. The molecular formula is C19H28NO4S+. The van der Waals surface area contributed by atoms with E-state index in [0.29, 0.717) is 0 Å². The molecule has 5 nitrogen and oxygen atoms in total. The summed E-state index contributed by atoms with van der Waals surface area (Å²) in [4.78, 5) is 0.0628. The van der Waals surface area contributed by atoms with Crippen LogP contribution in [0.1, 0.15) is 63.5 Å². The Labute approximate surface area is 150 Å². The average molecular weight is 367 g/mol. The second-order valence-electron chi connectivity index (χ2n) is 7.48. The van der Waals surface area contributed by atoms with Crippen LogP contribution < -0.4 is 0 Å². The van der Waals surface area contributed by atoms with Gasteiger partial charge in [0.2, 0.25) is 5.69 Å². The average Bonchev–Trinajstić information content (AvgIpc) is 2.79. The fraction of sp³-hybridized carbons (Fsp3) is 0.632. The first-order chi connectivity index (χ1) is 11.8. The Bertz CT molecular complexity index is 813. The van der Waals surface area contributed by atoms with Crippen LogP contribution in [0, 0.1) is 0 Å². The lowest BCUT2D eigenvalue weighted by atomic mass is 9.75. The van der Waals surface area contributed by atoms with Crippen molar-refractivity contribution in [2.24, 2.45) is 0 Å². The summed E-state index contributed by atoms with van der Waals surface area (Å²) in [6, 6.07) is 3.43. The van der Waals surface area contributed by atoms with Crippen LogP contribution in [0.3, 0.4) is 0 Å². The molecule has 0 fully saturated rings. The summed E-state index contributed by atoms with van der Waals surface area (Å²) in [6.07, 6.45) is 6.62. The van der Waals surface area contributed by atoms with Gasteiger partial charge in [-0.3, -0.25) is 4.55 Å². The molecule has 0 saturated heterocycles. The normalized spacial score (nSPS) is 22.4. The number of benzene rings is 1. The highest BCUT2D eigenvalue weighted by molar-refractivity contribution is 7.85. The third kappa shape index (κ3) is 3.15. The summed E-state index contributed by atoms with van der Waals surface area (Å²) in [7, 11) is -4.26. The third-order valence-electron chi connectivity index (χ3n) is 5.94. The van der Waals surface area contributed by atoms with Gasteiger partial charge in [0.05, 0.1) is 11.0 Å². The Morgan fingerprint density at radius 2 is 1.92 bits per heavy atom. The Morgan fingerprint density at radius 1 is 1.20 bits per heavy atom. The summed E-state index contributed by atoms with van der Waals surface area (Å²) >= 11 is 0. The van der Waals surface area contributed by atoms with E-state index in [-0.39, 0.29) is 16.9 Å². The van der Waals surface area contributed by atoms with Crippen LogP contribution in [0.2, 0.25) is 0 Å². The predicted octanol–water partition coefficient (Wildman–Crippen LogP) is 3.20. The van der Waals surface area contributed by atoms with Crippen LogP contribution in [0.15, 0.2) is 17.0 Å². The molecule has 138 valence electrons. The predicted molar refractivity (Wildman–Crippen MR) is 97.6 cm³/mol. The van der Waals surface area contributed by atoms with Crippen LogP contribution in [-0.2, 0) is 22.0 Å². The van der Waals surface area contributed by atoms with Crippen LogP contribution in [-0.4, -0.2) is 41.5 Å². The van der Waals surface area contributed by atoms with E-state index in [4.69, 9.17) is 5.11 Å². The highest BCUT2D eigenvalue weighted by Gasteiger charge is 2.51. The molecule has 0 aromatic heterocycles. The van der Waals surface area contributed by atoms with Gasteiger partial charge < -0.3 is 5.11 Å². The lowest BCUT2D eigenvalue weighted by Crippen LogP contribution is -2.31. The van der Waals surface area contributed by atoms with E-state index in [9.17, 15) is 13.0 Å². The number of hydrogen-bond acceptors (Lipinski definition) is 3. The van der Waals surface area contributed by atoms with Gasteiger partial charge in [0.25, 0.3) is 10.1 Å². The van der Waals surface area contributed by atoms with Crippen LogP contribution in [0.4, 0.5) is 5.69 Å². The number of aryl methyl sites for hydroxylation is 1. The van der Waals surface area contributed by atoms with Gasteiger partial charge in [0.1, 0.15) is 11.4 Å². The van der Waals surface area contributed by atoms with Gasteiger partial charge in [-0.05, 0) is 32.3 Å². The molecule has 3 rings (SSSR count). The standard InChI is InChI=1S/C19H27NO4S/c1-14-19(2,11-5-3-4-6-13-21)17-16(25(22,23)24)10-9-15-8-7-12-20(14)18(15)17/h9-10,21H,3-8,11-13H2,1-2H3/p+1. The lowest BCUT2D eigenvalue weighted by Gasteiger charge is -2.24. The number of aliphatic hydroxyl groups is 1. The van der Waals surface area contributed by atoms with Gasteiger partial charge in [-0.2, -0.15) is 13.0 Å². The maximum atomic E-state index is 12.0. The van der Waals surface area contributed by atoms with E-state index < -0.39 is 10.1 Å². The first kappa shape index (κ1) is 18.5. The van der Waals surface area contributed by atoms with Gasteiger partial charge in [0.15, 0.2) is 5.71 Å². The molecule has 0 saturated carbocycles. The molecule has 1 unspecified atom stereocenters. The molecule has 0 aliphatic carbocycles. The van der Waals surface area contributed by atoms with E-state index in [2.05, 4.69) is 18.4 Å². The fourth-order valence-corrected chi connectivity index (χ4v) is 5.30. The maximum Gasteiger partial charge on any atom is 0.295 e. The second-order valence-corrected chi connectivity index (χ2v) is 8.87. The SMILES string of the molecule is CC1=[N+]2CCCc3ccc(S(=O)(=O)O)c(c32)C1(C)CCCCCCO. The zero-order valence-electron chi connectivity index (χ0n) is 15.1. The number of unbranched alkanes of at least 4 members (excludes halogenated alkanes) is 3. The van der Waals surface area contributed by atoms with E-state index in [0.717, 1.165) is 62.7 Å². The molecule has 2 aliphatic heterocycles. The quantitative estimate of drug-likeness (QED) is 0.441. The van der Waals surface area contributed by atoms with Crippen LogP contribution >= 0.6 is 0 Å². The van der Waals surface area contributed by atoms with Gasteiger partial charge in [-0.1, -0.05) is 25.3 Å². The Kier molecular flexibility index (Phi) is 5.06. The number of hydrogen-bond donors (Lipinski definition) is 2. The van der Waals surface area contributed by atoms with Gasteiger partial charge in [-0.15, -0.1) is 0 Å². The van der Waals surface area contributed by atoms with Crippen molar-refractivity contribution in [3.8, 4) is 0 Å². The summed E-state index contributed by atoms with van der Waals surface area (Å²) in [5, 5.41) is 8.92. The van der Waals surface area contributed by atoms with Crippen LogP contribution in [0.25, 0.3) is 0 Å². The van der Waals surface area contributed by atoms with Gasteiger partial charge in [0, 0.05) is 25.5 Å². The van der Waals surface area contributed by atoms with E-state index in [1.807, 2.05) is 6.07 Å². The van der Waals surface area contributed by atoms with E-state index >= 15 is 0 Å². The topological polar surface area (TPSA) is 77.6 Å². The van der Waals surface area contributed by atoms with Crippen molar-refractivity contribution in [3.63, 3.8) is 0 Å². The molecular weight excluding hydrogens is 338 g/mol. The summed E-state index contributed by atoms with van der Waals surface area (Å²) in [6.45, 7) is 5.32. The van der Waals surface area contributed by atoms with Gasteiger partial charge >= 0.3 is 0 Å². The molecule has 6 heteroatoms. The lowest BCUT2D eigenvalue weighted by molar-refractivity contribution is -0.444. The van der Waals surface area contributed by atoms with Crippen molar-refractivity contribution in [2.75, 3.05) is 13.2 Å². The van der Waals surface area contributed by atoms with Crippen LogP contribution in [0.5, 0.6) is 0 Å². The zero-order valence-corrected chi connectivity index (χ0v) is 15.9. The van der Waals surface area contributed by atoms with Crippen molar-refractivity contribution in [2.45, 2.75) is 69.1 Å². The van der Waals surface area contributed by atoms with E-state index in [1.54, 1.807) is 6.07 Å². The highest BCUT2D eigenvalue weighted by Crippen LogP contribution is 2.49. The number of nitrogens with zero attached hydrogens (tertiary/aromatic N) is 1. The first-order valence-corrected chi connectivity index (χ1v) is 10.6. The summed E-state index contributed by atoms with van der Waals surface area (Å²) < 4.78 is 36.1. The van der Waals surface area contributed by atoms with Crippen molar-refractivity contribution >= 4 is 21.5 Å². The molecule has 1 atom stereocenters. The monoisotopic (exact) mass is 366 g/mol. The highest BCUT2D eigenvalue weighted by atomic mass is 32.2. The Balaban J connectivity index is 2.05. The molecule has 0 radical (unpaired) electrons. The summed E-state index contributed by atoms with van der Waals surface area (Å²) in [5.41, 5.74) is 3.78. The van der Waals surface area contributed by atoms with Crippen molar-refractivity contribution in [1.29, 1.82) is 0 Å². The minimum atomic E-state index is -4.26. The van der Waals surface area contributed by atoms with Crippen molar-refractivity contribution in [1.82, 2.24) is 0 Å². The fourth-order valence-electron chi connectivity index (χ4n) is 4.48. The molecule has 0 bridgehead atoms. The molecule has 2 N–H and O–H groups in total. The molecule has 1 aromatic rings. The first-order valence-electron chi connectivity index (χ1n) is 9.17. The number of rotatable bonds is 7. The summed E-state index contributed by atoms with van der Waals surface area (Å²) in [5.74, 6) is 0. The zero-order chi connectivity index (χ0) is 18.2. The number of aliphatic hydroxyl groups excluding tert-OH is 1. The van der Waals surface area contributed by atoms with E-state index in [1.165, 1.54) is 11.3 Å². The maximum absolute atomic E-state index is 12.0. The van der Waals surface area contributed by atoms with Crippen molar-refractivity contribution in [3.05, 3.63) is 23.3 Å². The minimum absolute atomic E-state index is 0.0628. The third-order valence-corrected chi connectivity index (χ3v) is 6.84. The molecule has 0 amide bonds.